The summed E-state index contributed by atoms with van der Waals surface area (Å²) in [4.78, 5) is 20.5. The molecule has 0 bridgehead atoms. The predicted octanol–water partition coefficient (Wildman–Crippen LogP) is 4.28. The first-order valence-electron chi connectivity index (χ1n) is 7.32. The average Bonchev–Trinajstić information content (AvgIpc) is 2.97. The van der Waals surface area contributed by atoms with Crippen molar-refractivity contribution in [1.82, 2.24) is 0 Å². The van der Waals surface area contributed by atoms with Gasteiger partial charge < -0.3 is 0 Å². The van der Waals surface area contributed by atoms with Crippen molar-refractivity contribution in [3.8, 4) is 0 Å². The highest BCUT2D eigenvalue weighted by molar-refractivity contribution is 8.15. The zero-order valence-electron chi connectivity index (χ0n) is 12.8. The Bertz CT molecular complexity index is 916. The first-order chi connectivity index (χ1) is 11.7. The molecule has 0 saturated carbocycles. The molecule has 0 aromatic heterocycles. The van der Waals surface area contributed by atoms with Crippen LogP contribution in [0.15, 0.2) is 68.9 Å². The summed E-state index contributed by atoms with van der Waals surface area (Å²) in [5, 5.41) is 9.06. The van der Waals surface area contributed by atoms with Gasteiger partial charge >= 0.3 is 0 Å². The third-order valence-corrected chi connectivity index (χ3v) is 5.60. The van der Waals surface area contributed by atoms with Crippen molar-refractivity contribution < 1.29 is 4.79 Å². The summed E-state index contributed by atoms with van der Waals surface area (Å²) in [5.41, 5.74) is 2.11. The van der Waals surface area contributed by atoms with Crippen molar-refractivity contribution in [3.63, 3.8) is 0 Å². The van der Waals surface area contributed by atoms with Gasteiger partial charge in [0, 0.05) is 9.79 Å². The number of para-hydroxylation sites is 1. The number of carbonyl (C=O) groups excluding carboxylic acids is 1. The Kier molecular flexibility index (Phi) is 3.78. The van der Waals surface area contributed by atoms with E-state index in [1.54, 1.807) is 22.7 Å². The second-order valence-corrected chi connectivity index (χ2v) is 7.17. The maximum Gasteiger partial charge on any atom is 0.283 e. The quantitative estimate of drug-likeness (QED) is 0.648. The van der Waals surface area contributed by atoms with Crippen LogP contribution < -0.4 is 4.90 Å². The zero-order valence-corrected chi connectivity index (χ0v) is 14.4. The highest BCUT2D eigenvalue weighted by Crippen LogP contribution is 2.42. The van der Waals surface area contributed by atoms with Gasteiger partial charge in [-0.25, -0.2) is 0 Å². The van der Waals surface area contributed by atoms with Gasteiger partial charge in [0.05, 0.1) is 11.3 Å². The Labute approximate surface area is 148 Å². The highest BCUT2D eigenvalue weighted by Gasteiger charge is 2.37. The van der Waals surface area contributed by atoms with E-state index in [1.807, 2.05) is 54.8 Å². The van der Waals surface area contributed by atoms with Crippen LogP contribution in [-0.2, 0) is 4.79 Å². The lowest BCUT2D eigenvalue weighted by atomic mass is 10.1. The first-order valence-corrected chi connectivity index (χ1v) is 9.36. The van der Waals surface area contributed by atoms with Gasteiger partial charge in [0.15, 0.2) is 5.17 Å². The number of nitrogens with one attached hydrogen (secondary N) is 1. The standard InChI is InChI=1S/C18H13N3OS2/c1-23-12-8-6-11(7-9-12)10-13-16(19)21-14-4-2-3-5-15(14)24-18(21)20-17(13)22/h2-10,19H,1H3. The molecular formula is C18H13N3OS2. The summed E-state index contributed by atoms with van der Waals surface area (Å²) in [5.74, 6) is -0.183. The van der Waals surface area contributed by atoms with Crippen LogP contribution in [0.2, 0.25) is 0 Å². The number of hydrogen-bond donors (Lipinski definition) is 1. The second-order valence-electron chi connectivity index (χ2n) is 5.28. The van der Waals surface area contributed by atoms with Crippen LogP contribution in [0.5, 0.6) is 0 Å². The fraction of sp³-hybridized carbons (Fsp3) is 0.0556. The predicted molar refractivity (Wildman–Crippen MR) is 101 cm³/mol. The van der Waals surface area contributed by atoms with Crippen molar-refractivity contribution >= 4 is 52.2 Å². The summed E-state index contributed by atoms with van der Waals surface area (Å²) in [6.45, 7) is 0. The van der Waals surface area contributed by atoms with Gasteiger partial charge in [-0.05, 0) is 53.9 Å². The van der Waals surface area contributed by atoms with Gasteiger partial charge in [-0.2, -0.15) is 4.99 Å². The molecule has 6 heteroatoms. The van der Waals surface area contributed by atoms with Gasteiger partial charge in [0.2, 0.25) is 0 Å². The van der Waals surface area contributed by atoms with E-state index < -0.39 is 0 Å². The summed E-state index contributed by atoms with van der Waals surface area (Å²) >= 11 is 3.09. The third-order valence-electron chi connectivity index (χ3n) is 3.83. The number of amides is 1. The van der Waals surface area contributed by atoms with E-state index >= 15 is 0 Å². The van der Waals surface area contributed by atoms with Crippen LogP contribution in [-0.4, -0.2) is 23.2 Å². The number of fused-ring (bicyclic) bond motifs is 3. The molecule has 0 fully saturated rings. The molecule has 118 valence electrons. The molecule has 2 aromatic carbocycles. The first kappa shape index (κ1) is 15.2. The monoisotopic (exact) mass is 351 g/mol. The Morgan fingerprint density at radius 3 is 2.67 bits per heavy atom. The molecule has 0 radical (unpaired) electrons. The van der Waals surface area contributed by atoms with Gasteiger partial charge in [-0.3, -0.25) is 15.1 Å². The maximum atomic E-state index is 12.4. The molecule has 0 saturated heterocycles. The Morgan fingerprint density at radius 2 is 1.92 bits per heavy atom. The lowest BCUT2D eigenvalue weighted by Crippen LogP contribution is -2.39. The minimum atomic E-state index is -0.361. The Morgan fingerprint density at radius 1 is 1.17 bits per heavy atom. The number of benzene rings is 2. The van der Waals surface area contributed by atoms with Crippen LogP contribution in [0.4, 0.5) is 5.69 Å². The molecule has 1 N–H and O–H groups in total. The Hall–Kier alpha value is -2.31. The van der Waals surface area contributed by atoms with E-state index in [4.69, 9.17) is 5.41 Å². The van der Waals surface area contributed by atoms with Crippen molar-refractivity contribution in [2.75, 3.05) is 11.2 Å². The van der Waals surface area contributed by atoms with E-state index in [0.717, 1.165) is 21.0 Å². The maximum absolute atomic E-state index is 12.4. The molecule has 0 aliphatic carbocycles. The number of amidine groups is 2. The number of nitrogens with zero attached hydrogens (tertiary/aromatic N) is 2. The molecule has 1 amide bonds. The molecule has 2 aromatic rings. The van der Waals surface area contributed by atoms with Crippen molar-refractivity contribution in [1.29, 1.82) is 5.41 Å². The van der Waals surface area contributed by atoms with Gasteiger partial charge in [0.1, 0.15) is 5.84 Å². The van der Waals surface area contributed by atoms with E-state index in [1.165, 1.54) is 11.8 Å². The van der Waals surface area contributed by atoms with Crippen LogP contribution >= 0.6 is 23.5 Å². The molecule has 24 heavy (non-hydrogen) atoms. The lowest BCUT2D eigenvalue weighted by molar-refractivity contribution is -0.113. The second kappa shape index (κ2) is 5.96. The lowest BCUT2D eigenvalue weighted by Gasteiger charge is -2.24. The summed E-state index contributed by atoms with van der Waals surface area (Å²) in [6, 6.07) is 15.7. The van der Waals surface area contributed by atoms with E-state index in [9.17, 15) is 4.79 Å². The van der Waals surface area contributed by atoms with E-state index in [-0.39, 0.29) is 11.7 Å². The molecule has 4 rings (SSSR count). The summed E-state index contributed by atoms with van der Waals surface area (Å²) < 4.78 is 0. The van der Waals surface area contributed by atoms with Crippen LogP contribution in [0.3, 0.4) is 0 Å². The van der Waals surface area contributed by atoms with Gasteiger partial charge in [-0.15, -0.1) is 11.8 Å². The van der Waals surface area contributed by atoms with Gasteiger partial charge in [-0.1, -0.05) is 24.3 Å². The molecule has 0 spiro atoms. The fourth-order valence-electron chi connectivity index (χ4n) is 2.63. The van der Waals surface area contributed by atoms with Gasteiger partial charge in [0.25, 0.3) is 5.91 Å². The number of carbonyl (C=O) groups is 1. The summed E-state index contributed by atoms with van der Waals surface area (Å²) in [7, 11) is 0. The molecule has 0 unspecified atom stereocenters. The molecule has 4 nitrogen and oxygen atoms in total. The molecule has 0 atom stereocenters. The van der Waals surface area contributed by atoms with Crippen LogP contribution in [0.25, 0.3) is 6.08 Å². The molecular weight excluding hydrogens is 338 g/mol. The third kappa shape index (κ3) is 2.48. The summed E-state index contributed by atoms with van der Waals surface area (Å²) in [6.07, 6.45) is 3.76. The van der Waals surface area contributed by atoms with Crippen LogP contribution in [0, 0.1) is 5.41 Å². The fourth-order valence-corrected chi connectivity index (χ4v) is 4.05. The number of anilines is 1. The van der Waals surface area contributed by atoms with Crippen LogP contribution in [0.1, 0.15) is 5.56 Å². The number of thioether (sulfide) groups is 2. The molecule has 2 heterocycles. The van der Waals surface area contributed by atoms with E-state index in [0.29, 0.717) is 10.7 Å². The zero-order chi connectivity index (χ0) is 16.7. The number of rotatable bonds is 2. The highest BCUT2D eigenvalue weighted by atomic mass is 32.2. The smallest absolute Gasteiger partial charge is 0.283 e. The minimum Gasteiger partial charge on any atom is -0.283 e. The molecule has 2 aliphatic rings. The van der Waals surface area contributed by atoms with Crippen molar-refractivity contribution in [3.05, 3.63) is 59.7 Å². The number of hydrogen-bond acceptors (Lipinski definition) is 4. The topological polar surface area (TPSA) is 56.5 Å². The minimum absolute atomic E-state index is 0.177. The van der Waals surface area contributed by atoms with Crippen molar-refractivity contribution in [2.45, 2.75) is 9.79 Å². The van der Waals surface area contributed by atoms with E-state index in [2.05, 4.69) is 4.99 Å². The normalized spacial score (nSPS) is 17.8. The number of aliphatic imine (C=N–C) groups is 1. The Balaban J connectivity index is 1.75. The molecule has 2 aliphatic heterocycles. The SMILES string of the molecule is CSc1ccc(C=C2C(=N)N3C(=NC2=O)Sc2ccccc23)cc1. The van der Waals surface area contributed by atoms with Crippen molar-refractivity contribution in [2.24, 2.45) is 4.99 Å². The average molecular weight is 351 g/mol. The largest absolute Gasteiger partial charge is 0.283 e.